The van der Waals surface area contributed by atoms with Gasteiger partial charge in [0.1, 0.15) is 0 Å². The first-order valence-electron chi connectivity index (χ1n) is 9.42. The Balaban J connectivity index is 1.14. The fourth-order valence-electron chi connectivity index (χ4n) is 4.20. The van der Waals surface area contributed by atoms with Crippen LogP contribution in [-0.2, 0) is 11.3 Å². The molecular formula is C22H25N3O. The topological polar surface area (TPSA) is 45.2 Å². The number of carbonyl (C=O) groups excluding carboxylic acids is 1. The lowest BCUT2D eigenvalue weighted by molar-refractivity contribution is -0.116. The Morgan fingerprint density at radius 2 is 1.96 bits per heavy atom. The van der Waals surface area contributed by atoms with Gasteiger partial charge in [-0.1, -0.05) is 36.4 Å². The van der Waals surface area contributed by atoms with Gasteiger partial charge in [0.25, 0.3) is 0 Å². The molecule has 1 aliphatic carbocycles. The molecule has 1 saturated heterocycles. The van der Waals surface area contributed by atoms with Gasteiger partial charge in [0.05, 0.1) is 0 Å². The van der Waals surface area contributed by atoms with Crippen LogP contribution in [0.4, 0.5) is 0 Å². The molecule has 3 atom stereocenters. The summed E-state index contributed by atoms with van der Waals surface area (Å²) >= 11 is 0. The lowest BCUT2D eigenvalue weighted by Crippen LogP contribution is -2.26. The van der Waals surface area contributed by atoms with Crippen LogP contribution in [0.5, 0.6) is 0 Å². The van der Waals surface area contributed by atoms with Crippen LogP contribution in [0.25, 0.3) is 6.08 Å². The molecule has 134 valence electrons. The molecule has 1 N–H and O–H groups in total. The van der Waals surface area contributed by atoms with E-state index in [0.29, 0.717) is 0 Å². The molecule has 0 unspecified atom stereocenters. The molecule has 2 fully saturated rings. The van der Waals surface area contributed by atoms with Gasteiger partial charge in [-0.25, -0.2) is 0 Å². The SMILES string of the molecule is O=C(/C=C/c1cccnc1)NCC[C@@H]1[C@H]2CN(Cc3ccccc3)C[C@@H]12. The molecule has 4 nitrogen and oxygen atoms in total. The maximum Gasteiger partial charge on any atom is 0.244 e. The molecule has 1 aromatic heterocycles. The molecule has 1 amide bonds. The minimum absolute atomic E-state index is 0.0228. The Morgan fingerprint density at radius 1 is 1.15 bits per heavy atom. The second kappa shape index (κ2) is 7.83. The first-order valence-corrected chi connectivity index (χ1v) is 9.42. The number of amides is 1. The molecule has 1 saturated carbocycles. The van der Waals surface area contributed by atoms with Crippen molar-refractivity contribution in [3.63, 3.8) is 0 Å². The van der Waals surface area contributed by atoms with Gasteiger partial charge in [-0.2, -0.15) is 0 Å². The average Bonchev–Trinajstić information content (AvgIpc) is 3.12. The van der Waals surface area contributed by atoms with E-state index in [9.17, 15) is 4.79 Å². The highest BCUT2D eigenvalue weighted by Crippen LogP contribution is 2.53. The number of nitrogens with one attached hydrogen (secondary N) is 1. The quantitative estimate of drug-likeness (QED) is 0.783. The number of fused-ring (bicyclic) bond motifs is 1. The fraction of sp³-hybridized carbons (Fsp3) is 0.364. The van der Waals surface area contributed by atoms with Crippen molar-refractivity contribution < 1.29 is 4.79 Å². The standard InChI is InChI=1S/C22H25N3O/c26-22(9-8-17-7-4-11-23-13-17)24-12-10-19-20-15-25(16-21(19)20)14-18-5-2-1-3-6-18/h1-9,11,13,19-21H,10,12,14-16H2,(H,24,26)/b9-8+/t19-,20-,21+. The first-order chi connectivity index (χ1) is 12.8. The first kappa shape index (κ1) is 17.0. The molecular weight excluding hydrogens is 322 g/mol. The Kier molecular flexibility index (Phi) is 5.12. The van der Waals surface area contributed by atoms with Crippen LogP contribution >= 0.6 is 0 Å². The second-order valence-electron chi connectivity index (χ2n) is 7.37. The van der Waals surface area contributed by atoms with Crippen molar-refractivity contribution in [2.75, 3.05) is 19.6 Å². The van der Waals surface area contributed by atoms with Crippen molar-refractivity contribution in [2.45, 2.75) is 13.0 Å². The van der Waals surface area contributed by atoms with E-state index >= 15 is 0 Å². The van der Waals surface area contributed by atoms with Crippen LogP contribution in [0.15, 0.2) is 60.9 Å². The largest absolute Gasteiger partial charge is 0.353 e. The Hall–Kier alpha value is -2.46. The number of carbonyl (C=O) groups is 1. The normalized spacial score (nSPS) is 24.5. The van der Waals surface area contributed by atoms with E-state index in [1.54, 1.807) is 24.5 Å². The second-order valence-corrected chi connectivity index (χ2v) is 7.37. The summed E-state index contributed by atoms with van der Waals surface area (Å²) < 4.78 is 0. The van der Waals surface area contributed by atoms with E-state index in [4.69, 9.17) is 0 Å². The van der Waals surface area contributed by atoms with Crippen molar-refractivity contribution in [3.05, 3.63) is 72.1 Å². The maximum atomic E-state index is 11.9. The van der Waals surface area contributed by atoms with E-state index in [0.717, 1.165) is 42.8 Å². The lowest BCUT2D eigenvalue weighted by atomic mass is 10.1. The van der Waals surface area contributed by atoms with Crippen molar-refractivity contribution in [3.8, 4) is 0 Å². The Bertz CT molecular complexity index is 747. The molecule has 0 radical (unpaired) electrons. The van der Waals surface area contributed by atoms with Crippen LogP contribution < -0.4 is 5.32 Å². The van der Waals surface area contributed by atoms with E-state index in [1.807, 2.05) is 12.1 Å². The highest BCUT2D eigenvalue weighted by atomic mass is 16.1. The molecule has 2 aliphatic rings. The number of hydrogen-bond acceptors (Lipinski definition) is 3. The average molecular weight is 347 g/mol. The van der Waals surface area contributed by atoms with Crippen LogP contribution in [0.3, 0.4) is 0 Å². The summed E-state index contributed by atoms with van der Waals surface area (Å²) in [4.78, 5) is 18.5. The summed E-state index contributed by atoms with van der Waals surface area (Å²) in [5.41, 5.74) is 2.34. The lowest BCUT2D eigenvalue weighted by Gasteiger charge is -2.19. The number of benzene rings is 1. The molecule has 2 aromatic rings. The molecule has 4 heteroatoms. The van der Waals surface area contributed by atoms with Crippen molar-refractivity contribution in [1.82, 2.24) is 15.2 Å². The summed E-state index contributed by atoms with van der Waals surface area (Å²) in [6.07, 6.45) is 7.96. The van der Waals surface area contributed by atoms with Crippen molar-refractivity contribution in [2.24, 2.45) is 17.8 Å². The Morgan fingerprint density at radius 3 is 2.69 bits per heavy atom. The smallest absolute Gasteiger partial charge is 0.244 e. The monoisotopic (exact) mass is 347 g/mol. The van der Waals surface area contributed by atoms with E-state index in [1.165, 1.54) is 18.7 Å². The van der Waals surface area contributed by atoms with Crippen LogP contribution in [-0.4, -0.2) is 35.4 Å². The predicted octanol–water partition coefficient (Wildman–Crippen LogP) is 2.98. The molecule has 2 heterocycles. The molecule has 26 heavy (non-hydrogen) atoms. The molecule has 1 aromatic carbocycles. The third-order valence-corrected chi connectivity index (χ3v) is 5.58. The number of hydrogen-bond donors (Lipinski definition) is 1. The number of piperidine rings is 1. The number of nitrogens with zero attached hydrogens (tertiary/aromatic N) is 2. The minimum Gasteiger partial charge on any atom is -0.353 e. The molecule has 1 aliphatic heterocycles. The molecule has 0 spiro atoms. The van der Waals surface area contributed by atoms with Crippen LogP contribution in [0, 0.1) is 17.8 Å². The van der Waals surface area contributed by atoms with Gasteiger partial charge >= 0.3 is 0 Å². The van der Waals surface area contributed by atoms with Crippen LogP contribution in [0.2, 0.25) is 0 Å². The molecule has 4 rings (SSSR count). The summed E-state index contributed by atoms with van der Waals surface area (Å²) in [7, 11) is 0. The maximum absolute atomic E-state index is 11.9. The van der Waals surface area contributed by atoms with Gasteiger partial charge in [0.15, 0.2) is 0 Å². The van der Waals surface area contributed by atoms with Gasteiger partial charge in [0.2, 0.25) is 5.91 Å². The van der Waals surface area contributed by atoms with E-state index < -0.39 is 0 Å². The van der Waals surface area contributed by atoms with Gasteiger partial charge in [0, 0.05) is 44.6 Å². The zero-order valence-corrected chi connectivity index (χ0v) is 14.9. The highest BCUT2D eigenvalue weighted by molar-refractivity contribution is 5.91. The third kappa shape index (κ3) is 4.20. The summed E-state index contributed by atoms with van der Waals surface area (Å²) in [5, 5.41) is 3.00. The van der Waals surface area contributed by atoms with Crippen LogP contribution in [0.1, 0.15) is 17.5 Å². The fourth-order valence-corrected chi connectivity index (χ4v) is 4.20. The van der Waals surface area contributed by atoms with E-state index in [2.05, 4.69) is 45.5 Å². The zero-order chi connectivity index (χ0) is 17.8. The number of aromatic nitrogens is 1. The van der Waals surface area contributed by atoms with Crippen molar-refractivity contribution >= 4 is 12.0 Å². The van der Waals surface area contributed by atoms with Gasteiger partial charge in [-0.3, -0.25) is 14.7 Å². The highest BCUT2D eigenvalue weighted by Gasteiger charge is 2.54. The predicted molar refractivity (Wildman–Crippen MR) is 103 cm³/mol. The summed E-state index contributed by atoms with van der Waals surface area (Å²) in [6.45, 7) is 4.25. The number of pyridine rings is 1. The van der Waals surface area contributed by atoms with Gasteiger partial charge in [-0.15, -0.1) is 0 Å². The number of rotatable bonds is 7. The summed E-state index contributed by atoms with van der Waals surface area (Å²) in [5.74, 6) is 2.44. The Labute approximate surface area is 154 Å². The van der Waals surface area contributed by atoms with E-state index in [-0.39, 0.29) is 5.91 Å². The van der Waals surface area contributed by atoms with Gasteiger partial charge in [-0.05, 0) is 47.4 Å². The summed E-state index contributed by atoms with van der Waals surface area (Å²) in [6, 6.07) is 14.5. The minimum atomic E-state index is -0.0228. The van der Waals surface area contributed by atoms with Gasteiger partial charge < -0.3 is 5.32 Å². The van der Waals surface area contributed by atoms with Crippen molar-refractivity contribution in [1.29, 1.82) is 0 Å². The third-order valence-electron chi connectivity index (χ3n) is 5.58. The zero-order valence-electron chi connectivity index (χ0n) is 14.9. The molecule has 0 bridgehead atoms. The number of likely N-dealkylation sites (tertiary alicyclic amines) is 1.